The topological polar surface area (TPSA) is 128 Å². The number of amides is 1. The first kappa shape index (κ1) is 18.6. The Morgan fingerprint density at radius 2 is 1.85 bits per heavy atom. The van der Waals surface area contributed by atoms with Crippen LogP contribution in [0.5, 0.6) is 5.75 Å². The summed E-state index contributed by atoms with van der Waals surface area (Å²) in [6.45, 7) is 3.68. The summed E-state index contributed by atoms with van der Waals surface area (Å²) in [5.41, 5.74) is -0.357. The average Bonchev–Trinajstić information content (AvgIpc) is 2.71. The van der Waals surface area contributed by atoms with Crippen LogP contribution < -0.4 is 14.8 Å². The van der Waals surface area contributed by atoms with Crippen molar-refractivity contribution in [3.05, 3.63) is 52.6 Å². The molecule has 0 aromatic heterocycles. The molecule has 1 aliphatic rings. The molecular weight excluding hydrogens is 374 g/mol. The number of non-ortho nitro benzene ring substituents is 1. The molecule has 3 rings (SSSR count). The number of benzene rings is 2. The summed E-state index contributed by atoms with van der Waals surface area (Å²) in [6, 6.07) is 9.05. The summed E-state index contributed by atoms with van der Waals surface area (Å²) in [5, 5.41) is 13.4. The van der Waals surface area contributed by atoms with Crippen LogP contribution >= 0.6 is 0 Å². The lowest BCUT2D eigenvalue weighted by Crippen LogP contribution is -2.33. The lowest BCUT2D eigenvalue weighted by Gasteiger charge is -2.18. The Hall–Kier alpha value is -3.14. The molecule has 2 N–H and O–H groups in total. The van der Waals surface area contributed by atoms with Crippen LogP contribution in [0, 0.1) is 15.5 Å². The fourth-order valence-corrected chi connectivity index (χ4v) is 3.44. The van der Waals surface area contributed by atoms with Crippen molar-refractivity contribution in [3.8, 4) is 5.75 Å². The molecule has 9 nitrogen and oxygen atoms in total. The standard InChI is InChI=1S/C17H17N3O6S/c1-17(2)10-26-15-8-3-11(9-14(15)18-16(17)21)19-27(24,25)13-6-4-12(5-7-13)20(22)23/h3-9,19H,10H2,1-2H3,(H,18,21). The molecule has 10 heteroatoms. The number of rotatable bonds is 4. The second kappa shape index (κ2) is 6.54. The molecule has 27 heavy (non-hydrogen) atoms. The summed E-state index contributed by atoms with van der Waals surface area (Å²) in [6.07, 6.45) is 0. The van der Waals surface area contributed by atoms with Crippen LogP contribution in [0.4, 0.5) is 17.1 Å². The Balaban J connectivity index is 1.86. The van der Waals surface area contributed by atoms with Gasteiger partial charge in [0.05, 0.1) is 26.6 Å². The molecule has 142 valence electrons. The molecule has 2 aromatic carbocycles. The summed E-state index contributed by atoms with van der Waals surface area (Å²) in [7, 11) is -3.95. The number of carbonyl (C=O) groups excluding carboxylic acids is 1. The molecule has 1 aliphatic heterocycles. The zero-order valence-corrected chi connectivity index (χ0v) is 15.4. The van der Waals surface area contributed by atoms with Crippen LogP contribution in [0.15, 0.2) is 47.4 Å². The first-order chi connectivity index (χ1) is 12.6. The Morgan fingerprint density at radius 3 is 2.48 bits per heavy atom. The third kappa shape index (κ3) is 3.85. The Bertz CT molecular complexity index is 1020. The largest absolute Gasteiger partial charge is 0.490 e. The number of ether oxygens (including phenoxy) is 1. The van der Waals surface area contributed by atoms with E-state index in [9.17, 15) is 23.3 Å². The van der Waals surface area contributed by atoms with E-state index in [1.54, 1.807) is 19.9 Å². The highest BCUT2D eigenvalue weighted by Gasteiger charge is 2.32. The van der Waals surface area contributed by atoms with Gasteiger partial charge in [-0.2, -0.15) is 0 Å². The van der Waals surface area contributed by atoms with Crippen LogP contribution in [-0.4, -0.2) is 25.9 Å². The smallest absolute Gasteiger partial charge is 0.269 e. The molecule has 0 saturated heterocycles. The van der Waals surface area contributed by atoms with Crippen LogP contribution in [0.1, 0.15) is 13.8 Å². The fraction of sp³-hybridized carbons (Fsp3) is 0.235. The van der Waals surface area contributed by atoms with Gasteiger partial charge in [0.25, 0.3) is 15.7 Å². The van der Waals surface area contributed by atoms with E-state index in [0.717, 1.165) is 24.3 Å². The minimum absolute atomic E-state index is 0.121. The van der Waals surface area contributed by atoms with E-state index in [4.69, 9.17) is 4.74 Å². The van der Waals surface area contributed by atoms with Gasteiger partial charge in [0, 0.05) is 12.1 Å². The molecule has 0 fully saturated rings. The molecule has 0 aliphatic carbocycles. The molecule has 0 bridgehead atoms. The monoisotopic (exact) mass is 391 g/mol. The third-order valence-corrected chi connectivity index (χ3v) is 5.44. The van der Waals surface area contributed by atoms with E-state index in [-0.39, 0.29) is 28.8 Å². The lowest BCUT2D eigenvalue weighted by atomic mass is 9.94. The lowest BCUT2D eigenvalue weighted by molar-refractivity contribution is -0.384. The van der Waals surface area contributed by atoms with Gasteiger partial charge in [0.2, 0.25) is 5.91 Å². The number of hydrogen-bond donors (Lipinski definition) is 2. The Kier molecular flexibility index (Phi) is 4.52. The highest BCUT2D eigenvalue weighted by molar-refractivity contribution is 7.92. The van der Waals surface area contributed by atoms with E-state index < -0.39 is 20.4 Å². The van der Waals surface area contributed by atoms with E-state index in [1.807, 2.05) is 0 Å². The molecule has 1 amide bonds. The summed E-state index contributed by atoms with van der Waals surface area (Å²) >= 11 is 0. The molecule has 2 aromatic rings. The molecule has 1 heterocycles. The first-order valence-electron chi connectivity index (χ1n) is 7.94. The number of nitro benzene ring substituents is 1. The molecule has 0 unspecified atom stereocenters. The summed E-state index contributed by atoms with van der Waals surface area (Å²) in [5.74, 6) is 0.198. The number of nitro groups is 1. The summed E-state index contributed by atoms with van der Waals surface area (Å²) < 4.78 is 33.0. The maximum Gasteiger partial charge on any atom is 0.269 e. The highest BCUT2D eigenvalue weighted by atomic mass is 32.2. The Labute approximate surface area is 155 Å². The number of carbonyl (C=O) groups is 1. The fourth-order valence-electron chi connectivity index (χ4n) is 2.39. The second-order valence-corrected chi connectivity index (χ2v) is 8.38. The van der Waals surface area contributed by atoms with Crippen molar-refractivity contribution >= 4 is 33.0 Å². The van der Waals surface area contributed by atoms with Crippen LogP contribution in [-0.2, 0) is 14.8 Å². The predicted molar refractivity (Wildman–Crippen MR) is 98.3 cm³/mol. The predicted octanol–water partition coefficient (Wildman–Crippen LogP) is 2.75. The van der Waals surface area contributed by atoms with Gasteiger partial charge < -0.3 is 10.1 Å². The number of nitrogens with one attached hydrogen (secondary N) is 2. The van der Waals surface area contributed by atoms with Gasteiger partial charge in [-0.25, -0.2) is 8.42 Å². The normalized spacial score (nSPS) is 15.7. The van der Waals surface area contributed by atoms with Gasteiger partial charge in [-0.3, -0.25) is 19.6 Å². The molecule has 0 saturated carbocycles. The average molecular weight is 391 g/mol. The van der Waals surface area contributed by atoms with Gasteiger partial charge in [-0.15, -0.1) is 0 Å². The summed E-state index contributed by atoms with van der Waals surface area (Å²) in [4.78, 5) is 22.2. The van der Waals surface area contributed by atoms with Crippen molar-refractivity contribution in [2.24, 2.45) is 5.41 Å². The number of hydrogen-bond acceptors (Lipinski definition) is 6. The number of anilines is 2. The van der Waals surface area contributed by atoms with Crippen LogP contribution in [0.3, 0.4) is 0 Å². The van der Waals surface area contributed by atoms with Crippen molar-refractivity contribution < 1.29 is 22.9 Å². The van der Waals surface area contributed by atoms with Crippen molar-refractivity contribution in [1.29, 1.82) is 0 Å². The zero-order chi connectivity index (χ0) is 19.8. The van der Waals surface area contributed by atoms with E-state index in [1.165, 1.54) is 12.1 Å². The van der Waals surface area contributed by atoms with Gasteiger partial charge in [0.15, 0.2) is 0 Å². The zero-order valence-electron chi connectivity index (χ0n) is 14.6. The van der Waals surface area contributed by atoms with Crippen molar-refractivity contribution in [2.45, 2.75) is 18.7 Å². The highest BCUT2D eigenvalue weighted by Crippen LogP contribution is 2.34. The molecule has 0 spiro atoms. The minimum Gasteiger partial charge on any atom is -0.490 e. The number of sulfonamides is 1. The quantitative estimate of drug-likeness (QED) is 0.609. The van der Waals surface area contributed by atoms with E-state index >= 15 is 0 Å². The molecule has 0 atom stereocenters. The number of nitrogens with zero attached hydrogens (tertiary/aromatic N) is 1. The maximum atomic E-state index is 12.5. The van der Waals surface area contributed by atoms with Crippen LogP contribution in [0.25, 0.3) is 0 Å². The van der Waals surface area contributed by atoms with Crippen molar-refractivity contribution in [3.63, 3.8) is 0 Å². The maximum absolute atomic E-state index is 12.5. The second-order valence-electron chi connectivity index (χ2n) is 6.69. The van der Waals surface area contributed by atoms with E-state index in [2.05, 4.69) is 10.0 Å². The molecule has 0 radical (unpaired) electrons. The third-order valence-electron chi connectivity index (χ3n) is 4.04. The van der Waals surface area contributed by atoms with Crippen molar-refractivity contribution in [1.82, 2.24) is 0 Å². The van der Waals surface area contributed by atoms with Crippen LogP contribution in [0.2, 0.25) is 0 Å². The van der Waals surface area contributed by atoms with Gasteiger partial charge in [-0.1, -0.05) is 0 Å². The SMILES string of the molecule is CC1(C)COc2ccc(NS(=O)(=O)c3ccc([N+](=O)[O-])cc3)cc2NC1=O. The van der Waals surface area contributed by atoms with Crippen molar-refractivity contribution in [2.75, 3.05) is 16.6 Å². The number of fused-ring (bicyclic) bond motifs is 1. The van der Waals surface area contributed by atoms with Gasteiger partial charge >= 0.3 is 0 Å². The minimum atomic E-state index is -3.95. The Morgan fingerprint density at radius 1 is 1.19 bits per heavy atom. The van der Waals surface area contributed by atoms with E-state index in [0.29, 0.717) is 11.4 Å². The van der Waals surface area contributed by atoms with Gasteiger partial charge in [-0.05, 0) is 44.2 Å². The first-order valence-corrected chi connectivity index (χ1v) is 9.42. The molecular formula is C17H17N3O6S. The van der Waals surface area contributed by atoms with Gasteiger partial charge in [0.1, 0.15) is 12.4 Å².